The highest BCUT2D eigenvalue weighted by molar-refractivity contribution is 6.32. The predicted molar refractivity (Wildman–Crippen MR) is 98.5 cm³/mol. The molecular formula is C17H12Cl2F5N5O. The van der Waals surface area contributed by atoms with Crippen LogP contribution in [0.5, 0.6) is 0 Å². The summed E-state index contributed by atoms with van der Waals surface area (Å²) in [6, 6.07) is 5.57. The highest BCUT2D eigenvalue weighted by Crippen LogP contribution is 2.34. The summed E-state index contributed by atoms with van der Waals surface area (Å²) in [6.07, 6.45) is -4.96. The summed E-state index contributed by atoms with van der Waals surface area (Å²) >= 11 is 11.5. The van der Waals surface area contributed by atoms with E-state index in [0.29, 0.717) is 4.68 Å². The number of carbonyl (C=O) groups is 1. The van der Waals surface area contributed by atoms with E-state index < -0.39 is 47.5 Å². The first kappa shape index (κ1) is 22.0. The Hall–Kier alpha value is -2.66. The number of rotatable bonds is 7. The van der Waals surface area contributed by atoms with Gasteiger partial charge in [-0.3, -0.25) is 14.2 Å². The first-order valence-electron chi connectivity index (χ1n) is 8.26. The van der Waals surface area contributed by atoms with Crippen molar-refractivity contribution in [2.45, 2.75) is 25.9 Å². The number of hydrogen-bond acceptors (Lipinski definition) is 3. The van der Waals surface area contributed by atoms with Gasteiger partial charge in [0.05, 0.1) is 11.6 Å². The minimum absolute atomic E-state index is 0.0244. The van der Waals surface area contributed by atoms with E-state index in [4.69, 9.17) is 23.2 Å². The van der Waals surface area contributed by atoms with Crippen molar-refractivity contribution in [3.8, 4) is 0 Å². The summed E-state index contributed by atoms with van der Waals surface area (Å²) in [5, 5.41) is 8.94. The van der Waals surface area contributed by atoms with Gasteiger partial charge in [-0.15, -0.1) is 0 Å². The zero-order valence-electron chi connectivity index (χ0n) is 14.8. The fourth-order valence-corrected chi connectivity index (χ4v) is 3.14. The third-order valence-corrected chi connectivity index (χ3v) is 4.69. The molecule has 0 spiro atoms. The normalized spacial score (nSPS) is 11.5. The Morgan fingerprint density at radius 1 is 1.10 bits per heavy atom. The Labute approximate surface area is 176 Å². The van der Waals surface area contributed by atoms with Gasteiger partial charge in [0.2, 0.25) is 5.91 Å². The molecule has 0 aliphatic rings. The molecule has 0 bridgehead atoms. The van der Waals surface area contributed by atoms with Gasteiger partial charge in [0.25, 0.3) is 12.9 Å². The lowest BCUT2D eigenvalue weighted by Crippen LogP contribution is -2.21. The summed E-state index contributed by atoms with van der Waals surface area (Å²) in [4.78, 5) is 12.1. The van der Waals surface area contributed by atoms with Crippen LogP contribution in [-0.2, 0) is 17.9 Å². The molecule has 0 aliphatic heterocycles. The number of alkyl halides is 4. The Bertz CT molecular complexity index is 1050. The van der Waals surface area contributed by atoms with Crippen LogP contribution in [-0.4, -0.2) is 25.5 Å². The van der Waals surface area contributed by atoms with E-state index in [0.717, 1.165) is 0 Å². The lowest BCUT2D eigenvalue weighted by Gasteiger charge is -2.07. The van der Waals surface area contributed by atoms with E-state index in [2.05, 4.69) is 15.5 Å². The van der Waals surface area contributed by atoms with E-state index in [-0.39, 0.29) is 22.9 Å². The van der Waals surface area contributed by atoms with Crippen molar-refractivity contribution >= 4 is 34.9 Å². The van der Waals surface area contributed by atoms with Crippen LogP contribution in [0.1, 0.15) is 29.8 Å². The monoisotopic (exact) mass is 467 g/mol. The van der Waals surface area contributed by atoms with E-state index in [1.165, 1.54) is 35.1 Å². The predicted octanol–water partition coefficient (Wildman–Crippen LogP) is 5.09. The average Bonchev–Trinajstić information content (AvgIpc) is 3.22. The molecule has 2 heterocycles. The smallest absolute Gasteiger partial charge is 0.283 e. The standard InChI is InChI=1S/C17H12Cl2F5N5O/c18-9-2-1-3-10(20)8(9)6-28-5-4-11(26-28)25-12(30)7-29-15(17(23)24)13(19)14(27-29)16(21)22/h1-5,16-17H,6-7H2,(H,25,26,30). The van der Waals surface area contributed by atoms with Gasteiger partial charge < -0.3 is 5.32 Å². The van der Waals surface area contributed by atoms with Gasteiger partial charge in [-0.1, -0.05) is 29.3 Å². The van der Waals surface area contributed by atoms with Crippen LogP contribution in [0.3, 0.4) is 0 Å². The van der Waals surface area contributed by atoms with Crippen molar-refractivity contribution in [3.63, 3.8) is 0 Å². The lowest BCUT2D eigenvalue weighted by atomic mass is 10.2. The second kappa shape index (κ2) is 9.00. The van der Waals surface area contributed by atoms with Crippen molar-refractivity contribution in [2.24, 2.45) is 0 Å². The molecule has 0 aliphatic carbocycles. The molecule has 1 aromatic carbocycles. The highest BCUT2D eigenvalue weighted by atomic mass is 35.5. The SMILES string of the molecule is O=C(Cn1nc(C(F)F)c(Cl)c1C(F)F)Nc1ccn(Cc2c(F)cccc2Cl)n1. The average molecular weight is 468 g/mol. The molecule has 6 nitrogen and oxygen atoms in total. The molecule has 1 N–H and O–H groups in total. The number of anilines is 1. The number of nitrogens with one attached hydrogen (secondary N) is 1. The molecule has 0 unspecified atom stereocenters. The summed E-state index contributed by atoms with van der Waals surface area (Å²) in [7, 11) is 0. The van der Waals surface area contributed by atoms with Crippen LogP contribution in [0.2, 0.25) is 10.0 Å². The zero-order valence-corrected chi connectivity index (χ0v) is 16.3. The van der Waals surface area contributed by atoms with Crippen molar-refractivity contribution in [1.29, 1.82) is 0 Å². The molecule has 3 rings (SSSR count). The quantitative estimate of drug-likeness (QED) is 0.492. The maximum Gasteiger partial charge on any atom is 0.283 e. The van der Waals surface area contributed by atoms with Gasteiger partial charge >= 0.3 is 0 Å². The first-order chi connectivity index (χ1) is 14.2. The van der Waals surface area contributed by atoms with Gasteiger partial charge in [0, 0.05) is 22.8 Å². The molecular weight excluding hydrogens is 456 g/mol. The zero-order chi connectivity index (χ0) is 22.0. The van der Waals surface area contributed by atoms with E-state index in [9.17, 15) is 26.7 Å². The molecule has 0 radical (unpaired) electrons. The fourth-order valence-electron chi connectivity index (χ4n) is 2.62. The van der Waals surface area contributed by atoms with E-state index in [1.54, 1.807) is 0 Å². The molecule has 0 fully saturated rings. The van der Waals surface area contributed by atoms with E-state index in [1.807, 2.05) is 0 Å². The summed E-state index contributed by atoms with van der Waals surface area (Å²) < 4.78 is 67.6. The van der Waals surface area contributed by atoms with Crippen LogP contribution >= 0.6 is 23.2 Å². The first-order valence-corrected chi connectivity index (χ1v) is 9.01. The Kier molecular flexibility index (Phi) is 6.61. The summed E-state index contributed by atoms with van der Waals surface area (Å²) in [6.45, 7) is -0.818. The van der Waals surface area contributed by atoms with E-state index >= 15 is 0 Å². The van der Waals surface area contributed by atoms with Crippen molar-refractivity contribution in [1.82, 2.24) is 19.6 Å². The highest BCUT2D eigenvalue weighted by Gasteiger charge is 2.28. The second-order valence-corrected chi connectivity index (χ2v) is 6.78. The van der Waals surface area contributed by atoms with Crippen LogP contribution in [0.4, 0.5) is 27.8 Å². The number of nitrogens with zero attached hydrogens (tertiary/aromatic N) is 4. The Morgan fingerprint density at radius 2 is 1.83 bits per heavy atom. The van der Waals surface area contributed by atoms with Crippen molar-refractivity contribution in [3.05, 3.63) is 63.3 Å². The van der Waals surface area contributed by atoms with Gasteiger partial charge in [0.15, 0.2) is 5.82 Å². The molecule has 2 aromatic heterocycles. The topological polar surface area (TPSA) is 64.7 Å². The minimum atomic E-state index is -3.21. The number of carbonyl (C=O) groups excluding carboxylic acids is 1. The second-order valence-electron chi connectivity index (χ2n) is 5.99. The van der Waals surface area contributed by atoms with Gasteiger partial charge in [-0.05, 0) is 12.1 Å². The van der Waals surface area contributed by atoms with Crippen molar-refractivity contribution in [2.75, 3.05) is 5.32 Å². The number of halogens is 7. The maximum absolute atomic E-state index is 13.9. The molecule has 1 amide bonds. The largest absolute Gasteiger partial charge is 0.308 e. The van der Waals surface area contributed by atoms with Crippen LogP contribution in [0.15, 0.2) is 30.5 Å². The number of amides is 1. The van der Waals surface area contributed by atoms with Crippen LogP contribution in [0, 0.1) is 5.82 Å². The van der Waals surface area contributed by atoms with Gasteiger partial charge in [-0.2, -0.15) is 10.2 Å². The molecule has 13 heteroatoms. The van der Waals surface area contributed by atoms with Gasteiger partial charge in [0.1, 0.15) is 23.7 Å². The molecule has 3 aromatic rings. The Balaban J connectivity index is 1.72. The molecule has 30 heavy (non-hydrogen) atoms. The number of benzene rings is 1. The molecule has 160 valence electrons. The maximum atomic E-state index is 13.9. The lowest BCUT2D eigenvalue weighted by molar-refractivity contribution is -0.117. The van der Waals surface area contributed by atoms with Gasteiger partial charge in [-0.25, -0.2) is 22.0 Å². The van der Waals surface area contributed by atoms with Crippen molar-refractivity contribution < 1.29 is 26.7 Å². The summed E-state index contributed by atoms with van der Waals surface area (Å²) in [5.41, 5.74) is -1.83. The minimum Gasteiger partial charge on any atom is -0.308 e. The number of hydrogen-bond donors (Lipinski definition) is 1. The fraction of sp³-hybridized carbons (Fsp3) is 0.235. The van der Waals surface area contributed by atoms with Crippen LogP contribution < -0.4 is 5.32 Å². The summed E-state index contributed by atoms with van der Waals surface area (Å²) in [5.74, 6) is -1.36. The molecule has 0 atom stereocenters. The third kappa shape index (κ3) is 4.73. The Morgan fingerprint density at radius 3 is 2.47 bits per heavy atom. The van der Waals surface area contributed by atoms with Crippen LogP contribution in [0.25, 0.3) is 0 Å². The number of aromatic nitrogens is 4. The third-order valence-electron chi connectivity index (χ3n) is 3.95. The molecule has 0 saturated carbocycles. The molecule has 0 saturated heterocycles.